The number of halogens is 1. The molecule has 0 aromatic carbocycles. The maximum absolute atomic E-state index is 3.67. The van der Waals surface area contributed by atoms with Gasteiger partial charge in [-0.3, -0.25) is 4.90 Å². The van der Waals surface area contributed by atoms with Gasteiger partial charge in [-0.1, -0.05) is 35.7 Å². The first kappa shape index (κ1) is 10.9. The molecule has 2 fully saturated rings. The highest BCUT2D eigenvalue weighted by Gasteiger charge is 2.36. The second-order valence-electron chi connectivity index (χ2n) is 4.85. The summed E-state index contributed by atoms with van der Waals surface area (Å²) in [5, 5.41) is 1.20. The van der Waals surface area contributed by atoms with Gasteiger partial charge < -0.3 is 0 Å². The van der Waals surface area contributed by atoms with Crippen LogP contribution in [0.3, 0.4) is 0 Å². The third kappa shape index (κ3) is 2.01. The second-order valence-corrected chi connectivity index (χ2v) is 5.50. The molecule has 0 N–H and O–H groups in total. The van der Waals surface area contributed by atoms with Crippen molar-refractivity contribution in [1.82, 2.24) is 4.90 Å². The highest BCUT2D eigenvalue weighted by atomic mass is 79.9. The van der Waals surface area contributed by atoms with Crippen LogP contribution in [0, 0.1) is 5.92 Å². The molecule has 2 unspecified atom stereocenters. The van der Waals surface area contributed by atoms with E-state index >= 15 is 0 Å². The van der Waals surface area contributed by atoms with Crippen molar-refractivity contribution in [3.63, 3.8) is 0 Å². The first-order valence-electron chi connectivity index (χ1n) is 6.18. The standard InChI is InChI=1S/C12H22BrN/c1-2-12-10(9-13)7-8-14(12)11-5-3-4-6-11/h10-12H,2-9H2,1H3. The Hall–Kier alpha value is 0.440. The SMILES string of the molecule is CCC1C(CBr)CCN1C1CCCC1. The monoisotopic (exact) mass is 259 g/mol. The minimum absolute atomic E-state index is 0.873. The second kappa shape index (κ2) is 4.98. The van der Waals surface area contributed by atoms with Gasteiger partial charge in [0, 0.05) is 17.4 Å². The van der Waals surface area contributed by atoms with Crippen LogP contribution in [0.25, 0.3) is 0 Å². The Morgan fingerprint density at radius 1 is 1.21 bits per heavy atom. The molecule has 0 bridgehead atoms. The van der Waals surface area contributed by atoms with Crippen LogP contribution < -0.4 is 0 Å². The molecule has 1 nitrogen and oxygen atoms in total. The first-order chi connectivity index (χ1) is 6.86. The van der Waals surface area contributed by atoms with Crippen molar-refractivity contribution >= 4 is 15.9 Å². The summed E-state index contributed by atoms with van der Waals surface area (Å²) < 4.78 is 0. The molecule has 0 aromatic heterocycles. The maximum atomic E-state index is 3.67. The number of hydrogen-bond acceptors (Lipinski definition) is 1. The van der Waals surface area contributed by atoms with E-state index in [0.29, 0.717) is 0 Å². The Balaban J connectivity index is 1.97. The van der Waals surface area contributed by atoms with E-state index in [2.05, 4.69) is 27.8 Å². The first-order valence-corrected chi connectivity index (χ1v) is 7.30. The number of likely N-dealkylation sites (tertiary alicyclic amines) is 1. The van der Waals surface area contributed by atoms with Crippen molar-refractivity contribution in [2.75, 3.05) is 11.9 Å². The van der Waals surface area contributed by atoms with Gasteiger partial charge in [0.05, 0.1) is 0 Å². The molecule has 1 saturated carbocycles. The van der Waals surface area contributed by atoms with Crippen LogP contribution in [0.1, 0.15) is 45.4 Å². The largest absolute Gasteiger partial charge is 0.297 e. The van der Waals surface area contributed by atoms with Gasteiger partial charge in [0.2, 0.25) is 0 Å². The predicted octanol–water partition coefficient (Wildman–Crippen LogP) is 3.42. The summed E-state index contributed by atoms with van der Waals surface area (Å²) in [4.78, 5) is 2.82. The molecular weight excluding hydrogens is 238 g/mol. The van der Waals surface area contributed by atoms with E-state index in [0.717, 1.165) is 18.0 Å². The molecule has 2 aliphatic rings. The van der Waals surface area contributed by atoms with Gasteiger partial charge in [-0.2, -0.15) is 0 Å². The lowest BCUT2D eigenvalue weighted by Crippen LogP contribution is -2.39. The smallest absolute Gasteiger partial charge is 0.0132 e. The number of rotatable bonds is 3. The van der Waals surface area contributed by atoms with E-state index in [1.54, 1.807) is 0 Å². The van der Waals surface area contributed by atoms with Crippen LogP contribution in [-0.4, -0.2) is 28.9 Å². The van der Waals surface area contributed by atoms with Crippen molar-refractivity contribution in [1.29, 1.82) is 0 Å². The Kier molecular flexibility index (Phi) is 3.89. The third-order valence-electron chi connectivity index (χ3n) is 4.14. The minimum atomic E-state index is 0.873. The highest BCUT2D eigenvalue weighted by molar-refractivity contribution is 9.09. The number of nitrogens with zero attached hydrogens (tertiary/aromatic N) is 1. The van der Waals surface area contributed by atoms with Gasteiger partial charge >= 0.3 is 0 Å². The van der Waals surface area contributed by atoms with Crippen LogP contribution in [-0.2, 0) is 0 Å². The van der Waals surface area contributed by atoms with Gasteiger partial charge in [-0.25, -0.2) is 0 Å². The van der Waals surface area contributed by atoms with Gasteiger partial charge in [-0.15, -0.1) is 0 Å². The fraction of sp³-hybridized carbons (Fsp3) is 1.00. The maximum Gasteiger partial charge on any atom is 0.0132 e. The van der Waals surface area contributed by atoms with Crippen molar-refractivity contribution in [2.45, 2.75) is 57.5 Å². The van der Waals surface area contributed by atoms with Crippen LogP contribution in [0.5, 0.6) is 0 Å². The lowest BCUT2D eigenvalue weighted by Gasteiger charge is -2.31. The van der Waals surface area contributed by atoms with Gasteiger partial charge in [-0.05, 0) is 38.1 Å². The van der Waals surface area contributed by atoms with E-state index in [4.69, 9.17) is 0 Å². The predicted molar refractivity (Wildman–Crippen MR) is 64.9 cm³/mol. The summed E-state index contributed by atoms with van der Waals surface area (Å²) >= 11 is 3.67. The molecule has 14 heavy (non-hydrogen) atoms. The fourth-order valence-corrected chi connectivity index (χ4v) is 4.14. The van der Waals surface area contributed by atoms with Gasteiger partial charge in [0.1, 0.15) is 0 Å². The highest BCUT2D eigenvalue weighted by Crippen LogP contribution is 2.34. The van der Waals surface area contributed by atoms with Crippen LogP contribution >= 0.6 is 15.9 Å². The Bertz CT molecular complexity index is 177. The van der Waals surface area contributed by atoms with Gasteiger partial charge in [0.25, 0.3) is 0 Å². The average molecular weight is 260 g/mol. The molecule has 0 aromatic rings. The van der Waals surface area contributed by atoms with Crippen molar-refractivity contribution < 1.29 is 0 Å². The zero-order chi connectivity index (χ0) is 9.97. The van der Waals surface area contributed by atoms with Gasteiger partial charge in [0.15, 0.2) is 0 Å². The van der Waals surface area contributed by atoms with E-state index < -0.39 is 0 Å². The summed E-state index contributed by atoms with van der Waals surface area (Å²) in [7, 11) is 0. The Labute approximate surface area is 96.4 Å². The summed E-state index contributed by atoms with van der Waals surface area (Å²) in [5.41, 5.74) is 0. The summed E-state index contributed by atoms with van der Waals surface area (Å²) in [6.07, 6.45) is 8.62. The lowest BCUT2D eigenvalue weighted by molar-refractivity contribution is 0.163. The zero-order valence-electron chi connectivity index (χ0n) is 9.21. The van der Waals surface area contributed by atoms with Crippen LogP contribution in [0.4, 0.5) is 0 Å². The average Bonchev–Trinajstić information content (AvgIpc) is 2.85. The molecule has 1 saturated heterocycles. The minimum Gasteiger partial charge on any atom is -0.297 e. The quantitative estimate of drug-likeness (QED) is 0.703. The van der Waals surface area contributed by atoms with E-state index in [1.807, 2.05) is 0 Å². The van der Waals surface area contributed by atoms with Crippen molar-refractivity contribution in [2.24, 2.45) is 5.92 Å². The van der Waals surface area contributed by atoms with Crippen LogP contribution in [0.2, 0.25) is 0 Å². The topological polar surface area (TPSA) is 3.24 Å². The lowest BCUT2D eigenvalue weighted by atomic mass is 10.00. The molecule has 0 amide bonds. The molecule has 1 aliphatic heterocycles. The molecular formula is C12H22BrN. The number of alkyl halides is 1. The molecule has 2 rings (SSSR count). The molecule has 2 atom stereocenters. The molecule has 2 heteroatoms. The van der Waals surface area contributed by atoms with E-state index in [-0.39, 0.29) is 0 Å². The number of hydrogen-bond donors (Lipinski definition) is 0. The normalized spacial score (nSPS) is 35.6. The molecule has 82 valence electrons. The zero-order valence-corrected chi connectivity index (χ0v) is 10.8. The summed E-state index contributed by atoms with van der Waals surface area (Å²) in [6.45, 7) is 3.72. The van der Waals surface area contributed by atoms with Crippen molar-refractivity contribution in [3.8, 4) is 0 Å². The molecule has 0 radical (unpaired) electrons. The van der Waals surface area contributed by atoms with Crippen molar-refractivity contribution in [3.05, 3.63) is 0 Å². The summed E-state index contributed by atoms with van der Waals surface area (Å²) in [5.74, 6) is 0.917. The Morgan fingerprint density at radius 3 is 2.50 bits per heavy atom. The molecule has 1 aliphatic carbocycles. The third-order valence-corrected chi connectivity index (χ3v) is 4.97. The Morgan fingerprint density at radius 2 is 1.93 bits per heavy atom. The van der Waals surface area contributed by atoms with E-state index in [9.17, 15) is 0 Å². The van der Waals surface area contributed by atoms with E-state index in [1.165, 1.54) is 50.4 Å². The molecule has 1 heterocycles. The van der Waals surface area contributed by atoms with Crippen LogP contribution in [0.15, 0.2) is 0 Å². The fourth-order valence-electron chi connectivity index (χ4n) is 3.38. The molecule has 0 spiro atoms. The summed E-state index contributed by atoms with van der Waals surface area (Å²) in [6, 6.07) is 1.81.